The van der Waals surface area contributed by atoms with Crippen LogP contribution in [-0.4, -0.2) is 58.4 Å². The number of rotatable bonds is 1. The van der Waals surface area contributed by atoms with E-state index in [-0.39, 0.29) is 5.91 Å². The molecule has 1 fully saturated rings. The molecule has 3 amide bonds. The fraction of sp³-hybridized carbons (Fsp3) is 0.545. The fourth-order valence-corrected chi connectivity index (χ4v) is 2.64. The molecule has 0 bridgehead atoms. The van der Waals surface area contributed by atoms with Crippen molar-refractivity contribution in [2.45, 2.75) is 26.1 Å². The van der Waals surface area contributed by atoms with Gasteiger partial charge in [-0.15, -0.1) is 0 Å². The van der Waals surface area contributed by atoms with Crippen molar-refractivity contribution in [1.82, 2.24) is 20.0 Å². The van der Waals surface area contributed by atoms with Crippen LogP contribution >= 0.6 is 0 Å². The third kappa shape index (κ3) is 1.21. The molecule has 2 unspecified atom stereocenters. The molecular weight excluding hydrogens is 234 g/mol. The molecule has 0 aromatic heterocycles. The number of hydrogen-bond donors (Lipinski definition) is 1. The van der Waals surface area contributed by atoms with Gasteiger partial charge in [0.25, 0.3) is 5.91 Å². The largest absolute Gasteiger partial charge is 0.325 e. The van der Waals surface area contributed by atoms with E-state index in [1.165, 1.54) is 4.90 Å². The standard InChI is InChI=1S/C11H15N5O2/c1-4-15-6(2)5-16-7-8(12-10(15)16)14(3)11(18)13-9(7)17/h5,7-8H,4H2,1-3H3,(H,13,17,18). The summed E-state index contributed by atoms with van der Waals surface area (Å²) in [4.78, 5) is 33.4. The zero-order valence-corrected chi connectivity index (χ0v) is 10.5. The summed E-state index contributed by atoms with van der Waals surface area (Å²) >= 11 is 0. The lowest BCUT2D eigenvalue weighted by Crippen LogP contribution is -2.62. The number of nitrogens with one attached hydrogen (secondary N) is 1. The molecular formula is C11H15N5O2. The number of urea groups is 1. The minimum absolute atomic E-state index is 0.288. The number of carbonyl (C=O) groups excluding carboxylic acids is 2. The number of guanidine groups is 1. The maximum absolute atomic E-state index is 12.0. The van der Waals surface area contributed by atoms with E-state index in [1.54, 1.807) is 7.05 Å². The third-order valence-electron chi connectivity index (χ3n) is 3.59. The third-order valence-corrected chi connectivity index (χ3v) is 3.59. The number of fused-ring (bicyclic) bond motifs is 3. The first-order chi connectivity index (χ1) is 8.54. The minimum atomic E-state index is -0.450. The minimum Gasteiger partial charge on any atom is -0.315 e. The lowest BCUT2D eigenvalue weighted by molar-refractivity contribution is -0.126. The smallest absolute Gasteiger partial charge is 0.315 e. The van der Waals surface area contributed by atoms with Gasteiger partial charge in [0.15, 0.2) is 12.2 Å². The Balaban J connectivity index is 2.00. The van der Waals surface area contributed by atoms with Crippen LogP contribution in [0, 0.1) is 0 Å². The summed E-state index contributed by atoms with van der Waals surface area (Å²) in [6, 6.07) is -0.843. The van der Waals surface area contributed by atoms with Crippen LogP contribution in [0.3, 0.4) is 0 Å². The molecule has 3 aliphatic rings. The van der Waals surface area contributed by atoms with Gasteiger partial charge < -0.3 is 14.7 Å². The zero-order chi connectivity index (χ0) is 13.0. The van der Waals surface area contributed by atoms with Crippen LogP contribution in [0.4, 0.5) is 4.79 Å². The van der Waals surface area contributed by atoms with Crippen LogP contribution in [0.2, 0.25) is 0 Å². The lowest BCUT2D eigenvalue weighted by atomic mass is 10.1. The molecule has 0 aliphatic carbocycles. The molecule has 0 spiro atoms. The van der Waals surface area contributed by atoms with Crippen molar-refractivity contribution in [3.63, 3.8) is 0 Å². The Labute approximate surface area is 105 Å². The molecule has 1 saturated heterocycles. The first-order valence-electron chi connectivity index (χ1n) is 5.94. The molecule has 3 aliphatic heterocycles. The predicted octanol–water partition coefficient (Wildman–Crippen LogP) is -0.269. The van der Waals surface area contributed by atoms with E-state index in [0.717, 1.165) is 18.2 Å². The Kier molecular flexibility index (Phi) is 2.13. The molecule has 96 valence electrons. The first-order valence-corrected chi connectivity index (χ1v) is 5.94. The van der Waals surface area contributed by atoms with E-state index in [4.69, 9.17) is 0 Å². The highest BCUT2D eigenvalue weighted by Crippen LogP contribution is 2.31. The Bertz CT molecular complexity index is 498. The Hall–Kier alpha value is -2.05. The van der Waals surface area contributed by atoms with Crippen molar-refractivity contribution in [3.05, 3.63) is 11.9 Å². The second-order valence-electron chi connectivity index (χ2n) is 4.61. The highest BCUT2D eigenvalue weighted by Gasteiger charge is 2.50. The van der Waals surface area contributed by atoms with Crippen molar-refractivity contribution in [2.75, 3.05) is 13.6 Å². The molecule has 1 N–H and O–H groups in total. The summed E-state index contributed by atoms with van der Waals surface area (Å²) in [5.74, 6) is 0.463. The van der Waals surface area contributed by atoms with E-state index in [1.807, 2.05) is 29.8 Å². The van der Waals surface area contributed by atoms with Crippen molar-refractivity contribution in [2.24, 2.45) is 4.99 Å². The van der Waals surface area contributed by atoms with Gasteiger partial charge in [-0.2, -0.15) is 0 Å². The van der Waals surface area contributed by atoms with E-state index in [2.05, 4.69) is 10.3 Å². The second-order valence-corrected chi connectivity index (χ2v) is 4.61. The number of likely N-dealkylation sites (N-methyl/N-ethyl adjacent to an activating group) is 1. The molecule has 0 aromatic carbocycles. The van der Waals surface area contributed by atoms with Crippen LogP contribution in [0.15, 0.2) is 16.9 Å². The normalized spacial score (nSPS) is 30.1. The summed E-state index contributed by atoms with van der Waals surface area (Å²) in [6.07, 6.45) is 1.48. The topological polar surface area (TPSA) is 68.2 Å². The van der Waals surface area contributed by atoms with Gasteiger partial charge in [0.1, 0.15) is 0 Å². The highest BCUT2D eigenvalue weighted by atomic mass is 16.2. The van der Waals surface area contributed by atoms with Crippen LogP contribution in [0.5, 0.6) is 0 Å². The number of hydrogen-bond acceptors (Lipinski definition) is 5. The van der Waals surface area contributed by atoms with Gasteiger partial charge in [-0.3, -0.25) is 10.1 Å². The second kappa shape index (κ2) is 3.47. The molecule has 0 saturated carbocycles. The SMILES string of the molecule is CCN1C(C)=CN2C1=NC1C2C(=O)NC(=O)N1C. The molecule has 2 atom stereocenters. The van der Waals surface area contributed by atoms with Gasteiger partial charge in [-0.05, 0) is 13.8 Å². The van der Waals surface area contributed by atoms with Crippen LogP contribution < -0.4 is 5.32 Å². The average molecular weight is 249 g/mol. The summed E-state index contributed by atoms with van der Waals surface area (Å²) in [6.45, 7) is 4.80. The Morgan fingerprint density at radius 1 is 1.44 bits per heavy atom. The number of imide groups is 1. The quantitative estimate of drug-likeness (QED) is 0.694. The summed E-state index contributed by atoms with van der Waals surface area (Å²) in [7, 11) is 1.65. The zero-order valence-electron chi connectivity index (χ0n) is 10.5. The van der Waals surface area contributed by atoms with Crippen LogP contribution in [-0.2, 0) is 4.79 Å². The van der Waals surface area contributed by atoms with Gasteiger partial charge in [-0.1, -0.05) is 0 Å². The van der Waals surface area contributed by atoms with Crippen LogP contribution in [0.1, 0.15) is 13.8 Å². The lowest BCUT2D eigenvalue weighted by Gasteiger charge is -2.34. The Morgan fingerprint density at radius 2 is 2.17 bits per heavy atom. The maximum atomic E-state index is 12.0. The number of carbonyl (C=O) groups is 2. The highest BCUT2D eigenvalue weighted by molar-refractivity contribution is 6.04. The van der Waals surface area contributed by atoms with Gasteiger partial charge in [0.2, 0.25) is 5.96 Å². The number of allylic oxidation sites excluding steroid dienone is 1. The summed E-state index contributed by atoms with van der Waals surface area (Å²) in [5.41, 5.74) is 1.06. The number of amides is 3. The fourth-order valence-electron chi connectivity index (χ4n) is 2.64. The maximum Gasteiger partial charge on any atom is 0.325 e. The van der Waals surface area contributed by atoms with Crippen molar-refractivity contribution < 1.29 is 9.59 Å². The Morgan fingerprint density at radius 3 is 2.83 bits per heavy atom. The van der Waals surface area contributed by atoms with Crippen molar-refractivity contribution in [1.29, 1.82) is 0 Å². The van der Waals surface area contributed by atoms with Gasteiger partial charge in [0, 0.05) is 25.5 Å². The van der Waals surface area contributed by atoms with E-state index >= 15 is 0 Å². The van der Waals surface area contributed by atoms with E-state index in [0.29, 0.717) is 0 Å². The van der Waals surface area contributed by atoms with E-state index < -0.39 is 18.2 Å². The molecule has 0 aromatic rings. The van der Waals surface area contributed by atoms with Gasteiger partial charge in [-0.25, -0.2) is 9.79 Å². The van der Waals surface area contributed by atoms with Crippen molar-refractivity contribution in [3.8, 4) is 0 Å². The molecule has 7 heteroatoms. The molecule has 3 rings (SSSR count). The van der Waals surface area contributed by atoms with Gasteiger partial charge in [0.05, 0.1) is 0 Å². The molecule has 3 heterocycles. The van der Waals surface area contributed by atoms with Gasteiger partial charge >= 0.3 is 6.03 Å². The average Bonchev–Trinajstić information content (AvgIpc) is 2.80. The summed E-state index contributed by atoms with van der Waals surface area (Å²) in [5, 5.41) is 2.35. The number of nitrogens with zero attached hydrogens (tertiary/aromatic N) is 4. The van der Waals surface area contributed by atoms with E-state index in [9.17, 15) is 9.59 Å². The molecule has 18 heavy (non-hydrogen) atoms. The van der Waals surface area contributed by atoms with Crippen LogP contribution in [0.25, 0.3) is 0 Å². The summed E-state index contributed by atoms with van der Waals surface area (Å²) < 4.78 is 0. The molecule has 0 radical (unpaired) electrons. The first kappa shape index (κ1) is 11.1. The monoisotopic (exact) mass is 249 g/mol. The predicted molar refractivity (Wildman–Crippen MR) is 64.3 cm³/mol. The molecule has 7 nitrogen and oxygen atoms in total. The van der Waals surface area contributed by atoms with Crippen molar-refractivity contribution >= 4 is 17.9 Å². The number of aliphatic imine (C=N–C) groups is 1.